The summed E-state index contributed by atoms with van der Waals surface area (Å²) in [6, 6.07) is -0.0165. The zero-order chi connectivity index (χ0) is 7.90. The van der Waals surface area contributed by atoms with Crippen LogP contribution in [0.15, 0.2) is 0 Å². The Morgan fingerprint density at radius 1 is 1.64 bits per heavy atom. The maximum atomic E-state index is 9.01. The molecule has 3 N–H and O–H groups in total. The van der Waals surface area contributed by atoms with Gasteiger partial charge in [0, 0.05) is 0 Å². The Balaban J connectivity index is 2.10. The molecule has 2 rings (SSSR count). The molecular formula is C7H13NO3. The van der Waals surface area contributed by atoms with Gasteiger partial charge in [-0.05, 0) is 12.8 Å². The Labute approximate surface area is 65.3 Å². The van der Waals surface area contributed by atoms with E-state index in [9.17, 15) is 0 Å². The zero-order valence-corrected chi connectivity index (χ0v) is 6.32. The van der Waals surface area contributed by atoms with E-state index in [0.717, 1.165) is 12.8 Å². The van der Waals surface area contributed by atoms with Crippen LogP contribution in [0.3, 0.4) is 0 Å². The molecular weight excluding hydrogens is 146 g/mol. The molecule has 2 bridgehead atoms. The van der Waals surface area contributed by atoms with Gasteiger partial charge >= 0.3 is 0 Å². The first-order valence-corrected chi connectivity index (χ1v) is 3.92. The predicted octanol–water partition coefficient (Wildman–Crippen LogP) is -0.788. The minimum atomic E-state index is -0.430. The molecule has 2 aliphatic heterocycles. The maximum absolute atomic E-state index is 9.01. The lowest BCUT2D eigenvalue weighted by Crippen LogP contribution is -2.46. The number of hydrogen-bond donors (Lipinski definition) is 2. The van der Waals surface area contributed by atoms with Crippen LogP contribution >= 0.6 is 0 Å². The number of hydrogen-bond acceptors (Lipinski definition) is 4. The molecule has 0 aromatic carbocycles. The van der Waals surface area contributed by atoms with Gasteiger partial charge in [0.2, 0.25) is 0 Å². The van der Waals surface area contributed by atoms with E-state index in [4.69, 9.17) is 20.3 Å². The van der Waals surface area contributed by atoms with Gasteiger partial charge in [-0.1, -0.05) is 0 Å². The van der Waals surface area contributed by atoms with Crippen molar-refractivity contribution in [1.29, 1.82) is 0 Å². The van der Waals surface area contributed by atoms with Gasteiger partial charge in [0.15, 0.2) is 6.29 Å². The average Bonchev–Trinajstić information content (AvgIpc) is 2.40. The fourth-order valence-electron chi connectivity index (χ4n) is 1.62. The summed E-state index contributed by atoms with van der Waals surface area (Å²) in [5, 5.41) is 9.01. The van der Waals surface area contributed by atoms with Crippen molar-refractivity contribution < 1.29 is 14.6 Å². The summed E-state index contributed by atoms with van der Waals surface area (Å²) in [5.41, 5.74) is 5.27. The molecule has 11 heavy (non-hydrogen) atoms. The fraction of sp³-hybridized carbons (Fsp3) is 1.00. The molecule has 0 aromatic heterocycles. The van der Waals surface area contributed by atoms with Crippen molar-refractivity contribution in [2.75, 3.05) is 13.2 Å². The van der Waals surface area contributed by atoms with E-state index >= 15 is 0 Å². The summed E-state index contributed by atoms with van der Waals surface area (Å²) in [6.45, 7) is 0.526. The molecule has 64 valence electrons. The number of aliphatic hydroxyl groups excluding tert-OH is 1. The van der Waals surface area contributed by atoms with Crippen LogP contribution in [0.1, 0.15) is 12.8 Å². The predicted molar refractivity (Wildman–Crippen MR) is 37.9 cm³/mol. The van der Waals surface area contributed by atoms with E-state index in [0.29, 0.717) is 6.61 Å². The quantitative estimate of drug-likeness (QED) is 0.526. The highest BCUT2D eigenvalue weighted by Crippen LogP contribution is 2.34. The van der Waals surface area contributed by atoms with Crippen LogP contribution in [0.4, 0.5) is 0 Å². The molecule has 0 spiro atoms. The molecule has 0 radical (unpaired) electrons. The van der Waals surface area contributed by atoms with E-state index in [1.807, 2.05) is 0 Å². The Hall–Kier alpha value is -0.160. The summed E-state index contributed by atoms with van der Waals surface area (Å²) in [4.78, 5) is 0. The van der Waals surface area contributed by atoms with Gasteiger partial charge in [-0.25, -0.2) is 0 Å². The first kappa shape index (κ1) is 7.49. The van der Waals surface area contributed by atoms with Gasteiger partial charge in [0.1, 0.15) is 5.60 Å². The van der Waals surface area contributed by atoms with Crippen molar-refractivity contribution in [3.63, 3.8) is 0 Å². The standard InChI is InChI=1S/C7H13NO3/c8-5-1-2-7(3-9)4-10-6(5)11-7/h5-6,9H,1-4,8H2/t5-,6+,7+/m1/s1. The lowest BCUT2D eigenvalue weighted by molar-refractivity contribution is -0.143. The van der Waals surface area contributed by atoms with Crippen molar-refractivity contribution in [3.05, 3.63) is 0 Å². The normalized spacial score (nSPS) is 49.6. The number of aliphatic hydroxyl groups is 1. The van der Waals surface area contributed by atoms with Crippen molar-refractivity contribution in [1.82, 2.24) is 0 Å². The second kappa shape index (κ2) is 2.42. The van der Waals surface area contributed by atoms with Gasteiger partial charge in [-0.2, -0.15) is 0 Å². The van der Waals surface area contributed by atoms with Gasteiger partial charge in [0.25, 0.3) is 0 Å². The van der Waals surface area contributed by atoms with Crippen molar-refractivity contribution >= 4 is 0 Å². The van der Waals surface area contributed by atoms with Crippen LogP contribution in [0.2, 0.25) is 0 Å². The Morgan fingerprint density at radius 2 is 2.45 bits per heavy atom. The topological polar surface area (TPSA) is 64.7 Å². The molecule has 0 amide bonds. The van der Waals surface area contributed by atoms with Gasteiger partial charge in [0.05, 0.1) is 19.3 Å². The average molecular weight is 159 g/mol. The molecule has 4 nitrogen and oxygen atoms in total. The second-order valence-electron chi connectivity index (χ2n) is 3.34. The van der Waals surface area contributed by atoms with Crippen LogP contribution in [0, 0.1) is 0 Å². The van der Waals surface area contributed by atoms with E-state index < -0.39 is 5.60 Å². The Kier molecular flexibility index (Phi) is 1.64. The first-order chi connectivity index (χ1) is 5.26. The van der Waals surface area contributed by atoms with Crippen LogP contribution < -0.4 is 5.73 Å². The fourth-order valence-corrected chi connectivity index (χ4v) is 1.62. The third-order valence-electron chi connectivity index (χ3n) is 2.45. The number of nitrogens with two attached hydrogens (primary N) is 1. The molecule has 0 unspecified atom stereocenters. The SMILES string of the molecule is N[C@@H]1CC[C@]2(CO)CO[C@H]1O2. The molecule has 3 atom stereocenters. The Morgan fingerprint density at radius 3 is 3.18 bits per heavy atom. The summed E-state index contributed by atoms with van der Waals surface area (Å²) in [5.74, 6) is 0. The minimum absolute atomic E-state index is 0.0165. The van der Waals surface area contributed by atoms with Gasteiger partial charge < -0.3 is 20.3 Å². The molecule has 0 aliphatic carbocycles. The molecule has 0 aromatic rings. The van der Waals surface area contributed by atoms with Crippen molar-refractivity contribution in [2.24, 2.45) is 5.73 Å². The van der Waals surface area contributed by atoms with E-state index in [2.05, 4.69) is 0 Å². The first-order valence-electron chi connectivity index (χ1n) is 3.92. The van der Waals surface area contributed by atoms with Crippen LogP contribution in [-0.2, 0) is 9.47 Å². The highest BCUT2D eigenvalue weighted by Gasteiger charge is 2.47. The van der Waals surface area contributed by atoms with Crippen LogP contribution in [0.25, 0.3) is 0 Å². The van der Waals surface area contributed by atoms with Crippen LogP contribution in [0.5, 0.6) is 0 Å². The highest BCUT2D eigenvalue weighted by atomic mass is 16.7. The smallest absolute Gasteiger partial charge is 0.173 e. The number of fused-ring (bicyclic) bond motifs is 2. The Bertz CT molecular complexity index is 164. The van der Waals surface area contributed by atoms with E-state index in [1.54, 1.807) is 0 Å². The maximum Gasteiger partial charge on any atom is 0.173 e. The van der Waals surface area contributed by atoms with E-state index in [-0.39, 0.29) is 18.9 Å². The molecule has 2 fully saturated rings. The van der Waals surface area contributed by atoms with Gasteiger partial charge in [-0.15, -0.1) is 0 Å². The lowest BCUT2D eigenvalue weighted by Gasteiger charge is -2.32. The summed E-state index contributed by atoms with van der Waals surface area (Å²) in [6.07, 6.45) is 1.41. The third-order valence-corrected chi connectivity index (χ3v) is 2.45. The molecule has 0 saturated carbocycles. The van der Waals surface area contributed by atoms with Crippen molar-refractivity contribution in [2.45, 2.75) is 30.8 Å². The van der Waals surface area contributed by atoms with Gasteiger partial charge in [-0.3, -0.25) is 0 Å². The molecule has 4 heteroatoms. The molecule has 2 aliphatic rings. The highest BCUT2D eigenvalue weighted by molar-refractivity contribution is 4.93. The summed E-state index contributed by atoms with van der Waals surface area (Å²) >= 11 is 0. The molecule has 2 heterocycles. The molecule has 2 saturated heterocycles. The van der Waals surface area contributed by atoms with Crippen molar-refractivity contribution in [3.8, 4) is 0 Å². The largest absolute Gasteiger partial charge is 0.393 e. The number of ether oxygens (including phenoxy) is 2. The van der Waals surface area contributed by atoms with E-state index in [1.165, 1.54) is 0 Å². The lowest BCUT2D eigenvalue weighted by atomic mass is 9.95. The monoisotopic (exact) mass is 159 g/mol. The summed E-state index contributed by atoms with van der Waals surface area (Å²) < 4.78 is 10.7. The third kappa shape index (κ3) is 1.06. The van der Waals surface area contributed by atoms with Crippen LogP contribution in [-0.4, -0.2) is 36.3 Å². The second-order valence-corrected chi connectivity index (χ2v) is 3.34. The minimum Gasteiger partial charge on any atom is -0.393 e. The zero-order valence-electron chi connectivity index (χ0n) is 6.32. The summed E-state index contributed by atoms with van der Waals surface area (Å²) in [7, 11) is 0. The number of rotatable bonds is 1.